The van der Waals surface area contributed by atoms with Gasteiger partial charge in [-0.15, -0.1) is 0 Å². The van der Waals surface area contributed by atoms with Crippen molar-refractivity contribution in [2.24, 2.45) is 0 Å². The zero-order valence-corrected chi connectivity index (χ0v) is 28.3. The Bertz CT molecular complexity index is 5350. The summed E-state index contributed by atoms with van der Waals surface area (Å²) in [6, 6.07) is -37.8. The van der Waals surface area contributed by atoms with E-state index in [1.165, 1.54) is 0 Å². The highest BCUT2D eigenvalue weighted by Gasteiger charge is 2.23. The van der Waals surface area contributed by atoms with E-state index in [0.717, 1.165) is 0 Å². The van der Waals surface area contributed by atoms with E-state index in [0.29, 0.717) is 13.7 Å². The van der Waals surface area contributed by atoms with Gasteiger partial charge in [-0.3, -0.25) is 0 Å². The summed E-state index contributed by atoms with van der Waals surface area (Å²) in [5.74, 6) is 0. The van der Waals surface area contributed by atoms with Crippen LogP contribution in [0.4, 0.5) is 0 Å². The Balaban J connectivity index is 1.48. The number of aromatic nitrogens is 3. The van der Waals surface area contributed by atoms with Crippen molar-refractivity contribution in [1.82, 2.24) is 13.7 Å². The van der Waals surface area contributed by atoms with Crippen LogP contribution in [-0.2, 0) is 0 Å². The number of para-hydroxylation sites is 6. The van der Waals surface area contributed by atoms with Gasteiger partial charge in [0.2, 0.25) is 0 Å². The first-order valence-corrected chi connectivity index (χ1v) is 16.8. The second-order valence-electron chi connectivity index (χ2n) is 12.3. The molecule has 0 unspecified atom stereocenters. The number of hydrogen-bond acceptors (Lipinski definition) is 0. The first kappa shape index (κ1) is 12.7. The third-order valence-corrected chi connectivity index (χ3v) is 9.33. The summed E-state index contributed by atoms with van der Waals surface area (Å²) < 4.78 is 326. The Labute approximate surface area is 378 Å². The third-order valence-electron chi connectivity index (χ3n) is 9.33. The summed E-state index contributed by atoms with van der Waals surface area (Å²) in [7, 11) is 0. The zero-order chi connectivity index (χ0) is 67.9. The van der Waals surface area contributed by atoms with Gasteiger partial charge in [-0.25, -0.2) is 0 Å². The van der Waals surface area contributed by atoms with Crippen LogP contribution in [0.25, 0.3) is 105 Å². The molecule has 0 saturated heterocycles. The highest BCUT2D eigenvalue weighted by Crippen LogP contribution is 2.43. The molecule has 12 aromatic rings. The molecule has 266 valence electrons. The molecule has 0 aliphatic carbocycles. The van der Waals surface area contributed by atoms with Gasteiger partial charge in [0, 0.05) is 38.0 Å². The molecule has 3 nitrogen and oxygen atoms in total. The van der Waals surface area contributed by atoms with Gasteiger partial charge >= 0.3 is 0 Å². The van der Waals surface area contributed by atoms with Crippen LogP contribution in [0.1, 0.15) is 48.0 Å². The van der Waals surface area contributed by atoms with Gasteiger partial charge in [0.15, 0.2) is 0 Å². The van der Waals surface area contributed by atoms with Crippen LogP contribution in [-0.4, -0.2) is 13.7 Å². The van der Waals surface area contributed by atoms with Gasteiger partial charge in [-0.05, 0) is 76.6 Å². The molecule has 0 atom stereocenters. The van der Waals surface area contributed by atoms with E-state index in [1.54, 1.807) is 0 Å². The van der Waals surface area contributed by atoms with E-state index >= 15 is 0 Å². The molecule has 0 aliphatic heterocycles. The molecule has 57 heavy (non-hydrogen) atoms. The van der Waals surface area contributed by atoms with Crippen LogP contribution in [0.3, 0.4) is 0 Å². The number of rotatable bonds is 5. The quantitative estimate of drug-likeness (QED) is 0.166. The lowest BCUT2D eigenvalue weighted by atomic mass is 9.98. The van der Waals surface area contributed by atoms with Crippen LogP contribution in [0, 0.1) is 0 Å². The van der Waals surface area contributed by atoms with E-state index < -0.39 is 316 Å². The van der Waals surface area contributed by atoms with E-state index in [2.05, 4.69) is 0 Å². The average Bonchev–Trinajstić information content (AvgIpc) is 1.50. The second-order valence-corrected chi connectivity index (χ2v) is 12.3. The van der Waals surface area contributed by atoms with Gasteiger partial charge < -0.3 is 13.7 Å². The van der Waals surface area contributed by atoms with Crippen LogP contribution < -0.4 is 0 Å². The Morgan fingerprint density at radius 1 is 0.263 bits per heavy atom. The Hall–Kier alpha value is -7.62. The van der Waals surface area contributed by atoms with E-state index in [-0.39, 0.29) is 0 Å². The fraction of sp³-hybridized carbons (Fsp3) is 0. The van der Waals surface area contributed by atoms with Crippen LogP contribution in [0.5, 0.6) is 0 Å². The smallest absolute Gasteiger partial charge is 0.0783 e. The maximum Gasteiger partial charge on any atom is 0.0783 e. The minimum atomic E-state index is -1.29. The van der Waals surface area contributed by atoms with Crippen molar-refractivity contribution >= 4 is 65.4 Å². The summed E-state index contributed by atoms with van der Waals surface area (Å²) in [4.78, 5) is 0. The number of fused-ring (bicyclic) bond motifs is 9. The monoisotopic (exact) mass is 761 g/mol. The fourth-order valence-electron chi connectivity index (χ4n) is 7.09. The van der Waals surface area contributed by atoms with E-state index in [4.69, 9.17) is 24.7 Å². The predicted molar refractivity (Wildman–Crippen MR) is 240 cm³/mol. The molecular formula is C54H35N3. The normalized spacial score (nSPS) is 20.5. The van der Waals surface area contributed by atoms with Crippen molar-refractivity contribution < 1.29 is 48.0 Å². The summed E-state index contributed by atoms with van der Waals surface area (Å²) in [6.07, 6.45) is 0. The average molecular weight is 761 g/mol. The lowest BCUT2D eigenvalue weighted by Crippen LogP contribution is -2.03. The van der Waals surface area contributed by atoms with Crippen molar-refractivity contribution in [1.29, 1.82) is 0 Å². The third kappa shape index (κ3) is 4.73. The summed E-state index contributed by atoms with van der Waals surface area (Å²) >= 11 is 0. The van der Waals surface area contributed by atoms with Crippen molar-refractivity contribution in [3.8, 4) is 39.3 Å². The molecule has 0 radical (unpaired) electrons. The summed E-state index contributed by atoms with van der Waals surface area (Å²) in [5, 5.41) is -4.44. The molecule has 3 aromatic heterocycles. The van der Waals surface area contributed by atoms with Gasteiger partial charge in [0.1, 0.15) is 0 Å². The number of benzene rings is 9. The highest BCUT2D eigenvalue weighted by molar-refractivity contribution is 6.17. The maximum atomic E-state index is 10.2. The molecule has 0 aliphatic rings. The number of hydrogen-bond donors (Lipinski definition) is 0. The molecule has 0 fully saturated rings. The standard InChI is InChI=1S/C54H35N3/c1-3-17-36(18-4-1)38-33-39(37-19-5-2-6-20-37)35-40(34-38)55-47-27-11-9-23-43(47)45-25-16-32-52(53(45)55)57-50-30-14-10-24-44(50)46-26-15-31-51(54(46)57)56-48-28-12-7-21-41(48)42-22-8-13-29-49(42)56/h1-35H/i1D,2D,3D,4D,5D,6D,7D,8D,9D,10D,11D,12D,13D,14D,15D,16D,17D,18D,19D,20D,21D,22D,23D,24D,25D,26D,27D,28D,29D,30D,31D,32D,33D,34D,35D. The SMILES string of the molecule is [2H]c1c([2H])c([2H])c(-c2c([2H])c(-c3c([2H])c([2H])c([2H])c([2H])c3[2H])c([2H])c(-n3c4c([2H])c([2H])c([2H])c([2H])c4c4c([2H])c([2H])c([2H])c(-n5c6c([2H])c([2H])c([2H])c([2H])c6c6c([2H])c([2H])c([2H])c(-n7c8c([2H])c([2H])c([2H])c([2H])c8c8c([2H])c([2H])c([2H])c([2H])c87)c65)c43)c2[2H])c([2H])c1[2H]. The molecule has 0 amide bonds. The van der Waals surface area contributed by atoms with Crippen LogP contribution in [0.2, 0.25) is 0 Å². The van der Waals surface area contributed by atoms with E-state index in [9.17, 15) is 23.3 Å². The molecule has 9 aromatic carbocycles. The van der Waals surface area contributed by atoms with Crippen molar-refractivity contribution in [2.75, 3.05) is 0 Å². The Morgan fingerprint density at radius 3 is 1.11 bits per heavy atom. The fourth-order valence-corrected chi connectivity index (χ4v) is 7.09. The first-order valence-electron chi connectivity index (χ1n) is 34.3. The minimum Gasteiger partial charge on any atom is -0.307 e. The molecule has 0 N–H and O–H groups in total. The second kappa shape index (κ2) is 12.5. The molecule has 0 bridgehead atoms. The van der Waals surface area contributed by atoms with Gasteiger partial charge in [0.25, 0.3) is 0 Å². The van der Waals surface area contributed by atoms with Gasteiger partial charge in [-0.1, -0.05) is 157 Å². The van der Waals surface area contributed by atoms with Crippen LogP contribution in [0.15, 0.2) is 211 Å². The summed E-state index contributed by atoms with van der Waals surface area (Å²) in [6.45, 7) is 0. The topological polar surface area (TPSA) is 14.8 Å². The zero-order valence-electron chi connectivity index (χ0n) is 63.3. The molecule has 0 spiro atoms. The van der Waals surface area contributed by atoms with Gasteiger partial charge in [0.05, 0.1) is 92.5 Å². The van der Waals surface area contributed by atoms with Crippen molar-refractivity contribution in [3.05, 3.63) is 211 Å². The lowest BCUT2D eigenvalue weighted by Gasteiger charge is -2.18. The van der Waals surface area contributed by atoms with Crippen molar-refractivity contribution in [3.63, 3.8) is 0 Å². The van der Waals surface area contributed by atoms with E-state index in [1.807, 2.05) is 0 Å². The predicted octanol–water partition coefficient (Wildman–Crippen LogP) is 14.3. The largest absolute Gasteiger partial charge is 0.307 e. The molecular weight excluding hydrogens is 691 g/mol. The van der Waals surface area contributed by atoms with Crippen LogP contribution >= 0.6 is 0 Å². The minimum absolute atomic E-state index is 0.563. The molecule has 0 saturated carbocycles. The Morgan fingerprint density at radius 2 is 0.614 bits per heavy atom. The van der Waals surface area contributed by atoms with Crippen molar-refractivity contribution in [2.45, 2.75) is 0 Å². The lowest BCUT2D eigenvalue weighted by molar-refractivity contribution is 1.11. The molecule has 3 heterocycles. The highest BCUT2D eigenvalue weighted by atomic mass is 15.1. The molecule has 12 rings (SSSR count). The summed E-state index contributed by atoms with van der Waals surface area (Å²) in [5.41, 5.74) is -12.5. The first-order chi connectivity index (χ1) is 42.9. The number of nitrogens with zero attached hydrogens (tertiary/aromatic N) is 3. The molecule has 3 heteroatoms. The Kier molecular flexibility index (Phi) is 2.78. The van der Waals surface area contributed by atoms with Gasteiger partial charge in [-0.2, -0.15) is 0 Å². The maximum absolute atomic E-state index is 10.2.